The molecule has 25 heavy (non-hydrogen) atoms. The van der Waals surface area contributed by atoms with Crippen molar-refractivity contribution in [3.05, 3.63) is 59.0 Å². The number of aryl methyl sites for hydroxylation is 2. The standard InChI is InChI=1S/C20H23FN2O2/c1-13-3-10-19(22-12-13)25-17-8-6-16(7-9-17)23-20(24)15-5-4-14(2)18(21)11-15/h3-5,10-12,16-17H,6-9H2,1-2H3,(H,23,24). The lowest BCUT2D eigenvalue weighted by Crippen LogP contribution is -2.39. The van der Waals surface area contributed by atoms with Crippen LogP contribution in [0.3, 0.4) is 0 Å². The Morgan fingerprint density at radius 3 is 2.56 bits per heavy atom. The van der Waals surface area contributed by atoms with Crippen LogP contribution in [0.2, 0.25) is 0 Å². The molecule has 1 amide bonds. The van der Waals surface area contributed by atoms with Gasteiger partial charge in [0.1, 0.15) is 11.9 Å². The summed E-state index contributed by atoms with van der Waals surface area (Å²) in [7, 11) is 0. The highest BCUT2D eigenvalue weighted by molar-refractivity contribution is 5.94. The first-order valence-electron chi connectivity index (χ1n) is 8.67. The van der Waals surface area contributed by atoms with E-state index in [1.54, 1.807) is 25.3 Å². The summed E-state index contributed by atoms with van der Waals surface area (Å²) >= 11 is 0. The van der Waals surface area contributed by atoms with Crippen LogP contribution in [0, 0.1) is 19.7 Å². The summed E-state index contributed by atoms with van der Waals surface area (Å²) in [5.74, 6) is 0.0760. The molecule has 1 aromatic heterocycles. The molecule has 0 atom stereocenters. The van der Waals surface area contributed by atoms with Crippen LogP contribution in [0.25, 0.3) is 0 Å². The van der Waals surface area contributed by atoms with E-state index in [1.165, 1.54) is 6.07 Å². The van der Waals surface area contributed by atoms with Crippen molar-refractivity contribution in [3.63, 3.8) is 0 Å². The summed E-state index contributed by atoms with van der Waals surface area (Å²) in [6, 6.07) is 8.55. The molecule has 5 heteroatoms. The molecule has 0 aliphatic heterocycles. The number of benzene rings is 1. The zero-order valence-electron chi connectivity index (χ0n) is 14.6. The number of hydrogen-bond donors (Lipinski definition) is 1. The summed E-state index contributed by atoms with van der Waals surface area (Å²) in [6.07, 6.45) is 5.33. The maximum atomic E-state index is 13.6. The third-order valence-electron chi connectivity index (χ3n) is 4.62. The van der Waals surface area contributed by atoms with E-state index in [1.807, 2.05) is 19.1 Å². The van der Waals surface area contributed by atoms with Crippen LogP contribution in [0.4, 0.5) is 4.39 Å². The first kappa shape index (κ1) is 17.4. The number of ether oxygens (including phenoxy) is 1. The lowest BCUT2D eigenvalue weighted by Gasteiger charge is -2.29. The van der Waals surface area contributed by atoms with Crippen molar-refractivity contribution in [2.24, 2.45) is 0 Å². The molecule has 1 fully saturated rings. The molecular formula is C20H23FN2O2. The van der Waals surface area contributed by atoms with Crippen LogP contribution in [0.1, 0.15) is 47.2 Å². The average molecular weight is 342 g/mol. The first-order valence-corrected chi connectivity index (χ1v) is 8.67. The van der Waals surface area contributed by atoms with Gasteiger partial charge in [0, 0.05) is 23.9 Å². The molecule has 3 rings (SSSR count). The number of nitrogens with zero attached hydrogens (tertiary/aromatic N) is 1. The lowest BCUT2D eigenvalue weighted by atomic mass is 9.92. The van der Waals surface area contributed by atoms with Gasteiger partial charge < -0.3 is 10.1 Å². The molecule has 1 aliphatic carbocycles. The maximum Gasteiger partial charge on any atom is 0.251 e. The van der Waals surface area contributed by atoms with E-state index in [4.69, 9.17) is 4.74 Å². The molecule has 0 saturated heterocycles. The topological polar surface area (TPSA) is 51.2 Å². The molecule has 0 bridgehead atoms. The lowest BCUT2D eigenvalue weighted by molar-refractivity contribution is 0.0889. The maximum absolute atomic E-state index is 13.6. The average Bonchev–Trinajstić information content (AvgIpc) is 2.61. The van der Waals surface area contributed by atoms with Gasteiger partial charge in [0.25, 0.3) is 5.91 Å². The fourth-order valence-corrected chi connectivity index (χ4v) is 3.02. The minimum absolute atomic E-state index is 0.0997. The van der Waals surface area contributed by atoms with E-state index >= 15 is 0 Å². The molecule has 1 N–H and O–H groups in total. The number of rotatable bonds is 4. The number of halogens is 1. The summed E-state index contributed by atoms with van der Waals surface area (Å²) < 4.78 is 19.5. The van der Waals surface area contributed by atoms with Crippen molar-refractivity contribution in [3.8, 4) is 5.88 Å². The molecule has 1 aliphatic rings. The number of carbonyl (C=O) groups excluding carboxylic acids is 1. The van der Waals surface area contributed by atoms with E-state index in [2.05, 4.69) is 10.3 Å². The van der Waals surface area contributed by atoms with Crippen LogP contribution in [0.5, 0.6) is 5.88 Å². The fraction of sp³-hybridized carbons (Fsp3) is 0.400. The molecule has 0 spiro atoms. The van der Waals surface area contributed by atoms with Gasteiger partial charge >= 0.3 is 0 Å². The van der Waals surface area contributed by atoms with E-state index in [0.717, 1.165) is 31.2 Å². The largest absolute Gasteiger partial charge is 0.474 e. The van der Waals surface area contributed by atoms with Crippen molar-refractivity contribution in [1.29, 1.82) is 0 Å². The Kier molecular flexibility index (Phi) is 5.31. The van der Waals surface area contributed by atoms with E-state index in [-0.39, 0.29) is 23.9 Å². The zero-order chi connectivity index (χ0) is 17.8. The SMILES string of the molecule is Cc1ccc(OC2CCC(NC(=O)c3ccc(C)c(F)c3)CC2)nc1. The molecule has 1 saturated carbocycles. The molecule has 4 nitrogen and oxygen atoms in total. The smallest absolute Gasteiger partial charge is 0.251 e. The number of hydrogen-bond acceptors (Lipinski definition) is 3. The summed E-state index contributed by atoms with van der Waals surface area (Å²) in [6.45, 7) is 3.67. The van der Waals surface area contributed by atoms with E-state index < -0.39 is 0 Å². The first-order chi connectivity index (χ1) is 12.0. The molecule has 0 unspecified atom stereocenters. The predicted octanol–water partition coefficient (Wildman–Crippen LogP) is 3.96. The predicted molar refractivity (Wildman–Crippen MR) is 94.2 cm³/mol. The van der Waals surface area contributed by atoms with Gasteiger partial charge in [-0.05, 0) is 62.8 Å². The van der Waals surface area contributed by atoms with Gasteiger partial charge in [0.2, 0.25) is 5.88 Å². The van der Waals surface area contributed by atoms with Gasteiger partial charge in [-0.3, -0.25) is 4.79 Å². The van der Waals surface area contributed by atoms with Crippen molar-refractivity contribution in [1.82, 2.24) is 10.3 Å². The second-order valence-corrected chi connectivity index (χ2v) is 6.70. The molecule has 1 aromatic carbocycles. The van der Waals surface area contributed by atoms with Crippen molar-refractivity contribution in [2.45, 2.75) is 51.7 Å². The van der Waals surface area contributed by atoms with Gasteiger partial charge in [-0.1, -0.05) is 12.1 Å². The number of carbonyl (C=O) groups is 1. The van der Waals surface area contributed by atoms with Crippen LogP contribution < -0.4 is 10.1 Å². The normalized spacial score (nSPS) is 20.1. The Morgan fingerprint density at radius 1 is 1.16 bits per heavy atom. The molecule has 132 valence electrons. The highest BCUT2D eigenvalue weighted by atomic mass is 19.1. The summed E-state index contributed by atoms with van der Waals surface area (Å²) in [5.41, 5.74) is 2.01. The second-order valence-electron chi connectivity index (χ2n) is 6.70. The Hall–Kier alpha value is -2.43. The fourth-order valence-electron chi connectivity index (χ4n) is 3.02. The van der Waals surface area contributed by atoms with Gasteiger partial charge in [-0.25, -0.2) is 9.37 Å². The van der Waals surface area contributed by atoms with Gasteiger partial charge in [0.15, 0.2) is 0 Å². The molecule has 0 radical (unpaired) electrons. The number of nitrogens with one attached hydrogen (secondary N) is 1. The van der Waals surface area contributed by atoms with Crippen LogP contribution in [-0.4, -0.2) is 23.0 Å². The van der Waals surface area contributed by atoms with E-state index in [0.29, 0.717) is 17.0 Å². The van der Waals surface area contributed by atoms with E-state index in [9.17, 15) is 9.18 Å². The third-order valence-corrected chi connectivity index (χ3v) is 4.62. The summed E-state index contributed by atoms with van der Waals surface area (Å²) in [4.78, 5) is 16.5. The number of amides is 1. The Bertz CT molecular complexity index is 738. The van der Waals surface area contributed by atoms with Crippen LogP contribution in [0.15, 0.2) is 36.5 Å². The van der Waals surface area contributed by atoms with Crippen LogP contribution >= 0.6 is 0 Å². The number of pyridine rings is 1. The minimum atomic E-state index is -0.352. The molecule has 1 heterocycles. The van der Waals surface area contributed by atoms with Gasteiger partial charge in [-0.2, -0.15) is 0 Å². The third kappa shape index (κ3) is 4.56. The number of aromatic nitrogens is 1. The summed E-state index contributed by atoms with van der Waals surface area (Å²) in [5, 5.41) is 3.00. The molecule has 2 aromatic rings. The van der Waals surface area contributed by atoms with Crippen molar-refractivity contribution < 1.29 is 13.9 Å². The Morgan fingerprint density at radius 2 is 1.92 bits per heavy atom. The monoisotopic (exact) mass is 342 g/mol. The van der Waals surface area contributed by atoms with Crippen molar-refractivity contribution in [2.75, 3.05) is 0 Å². The van der Waals surface area contributed by atoms with Crippen LogP contribution in [-0.2, 0) is 0 Å². The highest BCUT2D eigenvalue weighted by Crippen LogP contribution is 2.23. The van der Waals surface area contributed by atoms with Crippen molar-refractivity contribution >= 4 is 5.91 Å². The quantitative estimate of drug-likeness (QED) is 0.915. The highest BCUT2D eigenvalue weighted by Gasteiger charge is 2.24. The minimum Gasteiger partial charge on any atom is -0.474 e. The van der Waals surface area contributed by atoms with Gasteiger partial charge in [-0.15, -0.1) is 0 Å². The zero-order valence-corrected chi connectivity index (χ0v) is 14.6. The molecular weight excluding hydrogens is 319 g/mol. The second kappa shape index (κ2) is 7.64. The van der Waals surface area contributed by atoms with Gasteiger partial charge in [0.05, 0.1) is 0 Å². The Labute approximate surface area is 147 Å². The Balaban J connectivity index is 1.49.